The van der Waals surface area contributed by atoms with Crippen molar-refractivity contribution in [1.29, 1.82) is 0 Å². The molecule has 25 heavy (non-hydrogen) atoms. The van der Waals surface area contributed by atoms with Crippen LogP contribution in [0, 0.1) is 0 Å². The van der Waals surface area contributed by atoms with Crippen LogP contribution in [0.3, 0.4) is 0 Å². The van der Waals surface area contributed by atoms with Crippen LogP contribution in [0.2, 0.25) is 0 Å². The van der Waals surface area contributed by atoms with Gasteiger partial charge in [-0.05, 0) is 6.42 Å². The predicted molar refractivity (Wildman–Crippen MR) is 97.3 cm³/mol. The molecule has 0 spiro atoms. The summed E-state index contributed by atoms with van der Waals surface area (Å²) in [4.78, 5) is 12.0. The number of hydrogen-bond donors (Lipinski definition) is 2. The molecule has 8 heteroatoms. The van der Waals surface area contributed by atoms with Crippen LogP contribution in [0.15, 0.2) is 12.1 Å². The highest BCUT2D eigenvalue weighted by molar-refractivity contribution is 5.85. The van der Waals surface area contributed by atoms with Gasteiger partial charge in [0, 0.05) is 43.2 Å². The van der Waals surface area contributed by atoms with Gasteiger partial charge in [-0.15, -0.1) is 12.4 Å². The normalized spacial score (nSPS) is 16.5. The average molecular weight is 375 g/mol. The minimum absolute atomic E-state index is 0. The molecule has 1 heterocycles. The van der Waals surface area contributed by atoms with E-state index >= 15 is 0 Å². The van der Waals surface area contributed by atoms with E-state index in [0.29, 0.717) is 49.8 Å². The number of nitrogens with one attached hydrogen (secondary N) is 2. The molecule has 0 aliphatic carbocycles. The summed E-state index contributed by atoms with van der Waals surface area (Å²) in [6.07, 6.45) is 1.02. The maximum Gasteiger partial charge on any atom is 0.221 e. The van der Waals surface area contributed by atoms with Crippen molar-refractivity contribution in [1.82, 2.24) is 10.6 Å². The molecule has 0 bridgehead atoms. The molecule has 1 aliphatic heterocycles. The Kier molecular flexibility index (Phi) is 9.41. The molecule has 2 N–H and O–H groups in total. The number of hydrogen-bond acceptors (Lipinski definition) is 6. The molecule has 0 radical (unpaired) electrons. The summed E-state index contributed by atoms with van der Waals surface area (Å²) >= 11 is 0. The number of rotatable bonds is 8. The highest BCUT2D eigenvalue weighted by Gasteiger charge is 2.17. The van der Waals surface area contributed by atoms with E-state index in [1.165, 1.54) is 0 Å². The van der Waals surface area contributed by atoms with Gasteiger partial charge in [-0.1, -0.05) is 0 Å². The van der Waals surface area contributed by atoms with E-state index in [0.717, 1.165) is 12.1 Å². The van der Waals surface area contributed by atoms with Gasteiger partial charge in [0.15, 0.2) is 0 Å². The zero-order valence-corrected chi connectivity index (χ0v) is 15.7. The van der Waals surface area contributed by atoms with Crippen LogP contribution in [-0.2, 0) is 16.0 Å². The van der Waals surface area contributed by atoms with Crippen LogP contribution >= 0.6 is 12.4 Å². The summed E-state index contributed by atoms with van der Waals surface area (Å²) < 4.78 is 21.4. The summed E-state index contributed by atoms with van der Waals surface area (Å²) in [5, 5.41) is 6.20. The average Bonchev–Trinajstić information content (AvgIpc) is 2.62. The fourth-order valence-electron chi connectivity index (χ4n) is 2.70. The molecule has 2 rings (SSSR count). The van der Waals surface area contributed by atoms with E-state index < -0.39 is 0 Å². The van der Waals surface area contributed by atoms with Gasteiger partial charge >= 0.3 is 0 Å². The number of morpholine rings is 1. The molecule has 0 saturated carbocycles. The molecule has 1 unspecified atom stereocenters. The molecular formula is C17H27ClN2O5. The third-order valence-electron chi connectivity index (χ3n) is 3.94. The second kappa shape index (κ2) is 11.0. The van der Waals surface area contributed by atoms with Gasteiger partial charge in [0.05, 0.1) is 34.5 Å². The molecular weight excluding hydrogens is 348 g/mol. The van der Waals surface area contributed by atoms with Gasteiger partial charge in [-0.25, -0.2) is 0 Å². The molecule has 1 atom stereocenters. The van der Waals surface area contributed by atoms with Crippen LogP contribution in [0.25, 0.3) is 0 Å². The lowest BCUT2D eigenvalue weighted by molar-refractivity contribution is -0.122. The Morgan fingerprint density at radius 1 is 1.24 bits per heavy atom. The Morgan fingerprint density at radius 3 is 2.44 bits per heavy atom. The summed E-state index contributed by atoms with van der Waals surface area (Å²) in [6, 6.07) is 3.70. The highest BCUT2D eigenvalue weighted by atomic mass is 35.5. The number of methoxy groups -OCH3 is 3. The highest BCUT2D eigenvalue weighted by Crippen LogP contribution is 2.34. The van der Waals surface area contributed by atoms with Crippen LogP contribution < -0.4 is 24.8 Å². The quantitative estimate of drug-likeness (QED) is 0.711. The molecule has 1 aliphatic rings. The zero-order chi connectivity index (χ0) is 17.4. The maximum atomic E-state index is 12.0. The van der Waals surface area contributed by atoms with Crippen molar-refractivity contribution < 1.29 is 23.7 Å². The molecule has 1 saturated heterocycles. The number of carbonyl (C=O) groups excluding carboxylic acids is 1. The van der Waals surface area contributed by atoms with Gasteiger partial charge in [0.25, 0.3) is 0 Å². The van der Waals surface area contributed by atoms with Crippen LogP contribution in [0.5, 0.6) is 17.2 Å². The first-order valence-corrected chi connectivity index (χ1v) is 8.04. The van der Waals surface area contributed by atoms with Gasteiger partial charge in [0.1, 0.15) is 17.2 Å². The Labute approximate surface area is 154 Å². The Morgan fingerprint density at radius 2 is 1.92 bits per heavy atom. The summed E-state index contributed by atoms with van der Waals surface area (Å²) in [6.45, 7) is 2.58. The molecule has 1 aromatic carbocycles. The molecule has 142 valence electrons. The first kappa shape index (κ1) is 21.3. The Bertz CT molecular complexity index is 525. The smallest absolute Gasteiger partial charge is 0.221 e. The zero-order valence-electron chi connectivity index (χ0n) is 14.9. The minimum atomic E-state index is 0. The third kappa shape index (κ3) is 6.26. The molecule has 0 aromatic heterocycles. The first-order valence-electron chi connectivity index (χ1n) is 8.04. The molecule has 1 fully saturated rings. The third-order valence-corrected chi connectivity index (χ3v) is 3.94. The van der Waals surface area contributed by atoms with E-state index in [1.54, 1.807) is 21.3 Å². The van der Waals surface area contributed by atoms with E-state index in [4.69, 9.17) is 18.9 Å². The predicted octanol–water partition coefficient (Wildman–Crippen LogP) is 1.17. The lowest BCUT2D eigenvalue weighted by Crippen LogP contribution is -2.44. The van der Waals surface area contributed by atoms with Crippen molar-refractivity contribution in [3.05, 3.63) is 17.7 Å². The van der Waals surface area contributed by atoms with Crippen molar-refractivity contribution in [2.24, 2.45) is 0 Å². The van der Waals surface area contributed by atoms with Crippen molar-refractivity contribution in [2.75, 3.05) is 47.6 Å². The number of benzene rings is 1. The van der Waals surface area contributed by atoms with Crippen molar-refractivity contribution in [3.8, 4) is 17.2 Å². The van der Waals surface area contributed by atoms with Crippen LogP contribution in [0.1, 0.15) is 12.0 Å². The standard InChI is InChI=1S/C17H26N2O5.ClH/c1-21-13-9-15(22-2)14(16(10-13)23-3)4-5-19-17(20)8-12-11-24-7-6-18-12;/h9-10,12,18H,4-8,11H2,1-3H3,(H,19,20);1H. The monoisotopic (exact) mass is 374 g/mol. The summed E-state index contributed by atoms with van der Waals surface area (Å²) in [5.41, 5.74) is 0.903. The number of halogens is 1. The van der Waals surface area contributed by atoms with Gasteiger partial charge in [-0.2, -0.15) is 0 Å². The largest absolute Gasteiger partial charge is 0.496 e. The SMILES string of the molecule is COc1cc(OC)c(CCNC(=O)CC2COCCN2)c(OC)c1.Cl. The van der Waals surface area contributed by atoms with Gasteiger partial charge in [-0.3, -0.25) is 4.79 Å². The second-order valence-electron chi connectivity index (χ2n) is 5.54. The lowest BCUT2D eigenvalue weighted by Gasteiger charge is -2.23. The van der Waals surface area contributed by atoms with Crippen LogP contribution in [-0.4, -0.2) is 59.6 Å². The minimum Gasteiger partial charge on any atom is -0.496 e. The van der Waals surface area contributed by atoms with E-state index in [1.807, 2.05) is 12.1 Å². The molecule has 1 amide bonds. The fraction of sp³-hybridized carbons (Fsp3) is 0.588. The number of amides is 1. The van der Waals surface area contributed by atoms with Gasteiger partial charge < -0.3 is 29.6 Å². The van der Waals surface area contributed by atoms with E-state index in [2.05, 4.69) is 10.6 Å². The van der Waals surface area contributed by atoms with Crippen LogP contribution in [0.4, 0.5) is 0 Å². The van der Waals surface area contributed by atoms with Crippen molar-refractivity contribution >= 4 is 18.3 Å². The maximum absolute atomic E-state index is 12.0. The second-order valence-corrected chi connectivity index (χ2v) is 5.54. The lowest BCUT2D eigenvalue weighted by atomic mass is 10.1. The molecule has 7 nitrogen and oxygen atoms in total. The number of carbonyl (C=O) groups is 1. The topological polar surface area (TPSA) is 78.1 Å². The van der Waals surface area contributed by atoms with Crippen molar-refractivity contribution in [2.45, 2.75) is 18.9 Å². The molecule has 1 aromatic rings. The number of ether oxygens (including phenoxy) is 4. The Hall–Kier alpha value is -1.70. The Balaban J connectivity index is 0.00000312. The van der Waals surface area contributed by atoms with Gasteiger partial charge in [0.2, 0.25) is 5.91 Å². The van der Waals surface area contributed by atoms with E-state index in [9.17, 15) is 4.79 Å². The van der Waals surface area contributed by atoms with Crippen molar-refractivity contribution in [3.63, 3.8) is 0 Å². The first-order chi connectivity index (χ1) is 11.7. The summed E-state index contributed by atoms with van der Waals surface area (Å²) in [7, 11) is 4.80. The van der Waals surface area contributed by atoms with E-state index in [-0.39, 0.29) is 24.4 Å². The summed E-state index contributed by atoms with van der Waals surface area (Å²) in [5.74, 6) is 2.04. The fourth-order valence-corrected chi connectivity index (χ4v) is 2.70.